The lowest BCUT2D eigenvalue weighted by Gasteiger charge is -2.12. The van der Waals surface area contributed by atoms with Crippen molar-refractivity contribution in [3.05, 3.63) is 53.9 Å². The maximum absolute atomic E-state index is 5.85. The monoisotopic (exact) mass is 257 g/mol. The molecule has 2 aromatic rings. The van der Waals surface area contributed by atoms with E-state index in [2.05, 4.69) is 22.4 Å². The Kier molecular flexibility index (Phi) is 4.75. The number of nitrogen functional groups attached to an aromatic ring is 1. The van der Waals surface area contributed by atoms with E-state index in [0.717, 1.165) is 18.8 Å². The lowest BCUT2D eigenvalue weighted by atomic mass is 10.1. The minimum absolute atomic E-state index is 0.639. The number of anilines is 2. The Labute approximate surface area is 113 Å². The van der Waals surface area contributed by atoms with Crippen molar-refractivity contribution < 1.29 is 4.74 Å². The van der Waals surface area contributed by atoms with E-state index in [1.54, 1.807) is 12.4 Å². The molecule has 3 N–H and O–H groups in total. The van der Waals surface area contributed by atoms with Crippen LogP contribution in [-0.4, -0.2) is 11.6 Å². The molecule has 100 valence electrons. The van der Waals surface area contributed by atoms with Crippen LogP contribution in [0.4, 0.5) is 11.4 Å². The largest absolute Gasteiger partial charge is 0.396 e. The summed E-state index contributed by atoms with van der Waals surface area (Å²) in [5, 5.41) is 3.33. The molecule has 2 rings (SSSR count). The smallest absolute Gasteiger partial charge is 0.0736 e. The topological polar surface area (TPSA) is 60.2 Å². The highest BCUT2D eigenvalue weighted by Crippen LogP contribution is 2.18. The molecule has 0 amide bonds. The standard InChI is InChI=1S/C15H19N3O/c1-2-19-11-13-6-4-3-5-12(13)9-18-15-7-8-17-10-14(15)16/h3-8,10H,2,9,11,16H2,1H3,(H,17,18). The molecule has 0 aliphatic carbocycles. The van der Waals surface area contributed by atoms with E-state index < -0.39 is 0 Å². The average molecular weight is 257 g/mol. The highest BCUT2D eigenvalue weighted by atomic mass is 16.5. The second kappa shape index (κ2) is 6.75. The van der Waals surface area contributed by atoms with Crippen LogP contribution < -0.4 is 11.1 Å². The van der Waals surface area contributed by atoms with Crippen LogP contribution in [-0.2, 0) is 17.9 Å². The minimum Gasteiger partial charge on any atom is -0.396 e. The predicted molar refractivity (Wildman–Crippen MR) is 77.7 cm³/mol. The number of nitrogens with one attached hydrogen (secondary N) is 1. The van der Waals surface area contributed by atoms with E-state index in [1.807, 2.05) is 25.1 Å². The van der Waals surface area contributed by atoms with Crippen molar-refractivity contribution in [3.63, 3.8) is 0 Å². The number of pyridine rings is 1. The van der Waals surface area contributed by atoms with Gasteiger partial charge in [-0.3, -0.25) is 4.98 Å². The zero-order valence-electron chi connectivity index (χ0n) is 11.1. The van der Waals surface area contributed by atoms with Crippen molar-refractivity contribution in [1.29, 1.82) is 0 Å². The van der Waals surface area contributed by atoms with Crippen molar-refractivity contribution in [3.8, 4) is 0 Å². The van der Waals surface area contributed by atoms with Crippen molar-refractivity contribution in [2.45, 2.75) is 20.1 Å². The highest BCUT2D eigenvalue weighted by molar-refractivity contribution is 5.64. The third-order valence-corrected chi connectivity index (χ3v) is 2.90. The van der Waals surface area contributed by atoms with Crippen molar-refractivity contribution in [2.75, 3.05) is 17.7 Å². The van der Waals surface area contributed by atoms with Crippen LogP contribution in [0.5, 0.6) is 0 Å². The molecule has 0 saturated carbocycles. The molecule has 0 radical (unpaired) electrons. The number of ether oxygens (including phenoxy) is 1. The van der Waals surface area contributed by atoms with E-state index in [-0.39, 0.29) is 0 Å². The quantitative estimate of drug-likeness (QED) is 0.835. The number of nitrogens with zero attached hydrogens (tertiary/aromatic N) is 1. The van der Waals surface area contributed by atoms with Crippen LogP contribution in [0.15, 0.2) is 42.7 Å². The lowest BCUT2D eigenvalue weighted by molar-refractivity contribution is 0.133. The van der Waals surface area contributed by atoms with Crippen molar-refractivity contribution in [2.24, 2.45) is 0 Å². The SMILES string of the molecule is CCOCc1ccccc1CNc1ccncc1N. The number of hydrogen-bond acceptors (Lipinski definition) is 4. The second-order valence-corrected chi connectivity index (χ2v) is 4.22. The Morgan fingerprint density at radius 2 is 2.00 bits per heavy atom. The van der Waals surface area contributed by atoms with Gasteiger partial charge >= 0.3 is 0 Å². The van der Waals surface area contributed by atoms with E-state index in [0.29, 0.717) is 12.3 Å². The molecule has 1 aromatic heterocycles. The summed E-state index contributed by atoms with van der Waals surface area (Å²) >= 11 is 0. The predicted octanol–water partition coefficient (Wildman–Crippen LogP) is 2.81. The van der Waals surface area contributed by atoms with Gasteiger partial charge in [-0.05, 0) is 24.1 Å². The van der Waals surface area contributed by atoms with Gasteiger partial charge in [-0.2, -0.15) is 0 Å². The first-order chi connectivity index (χ1) is 9.31. The Morgan fingerprint density at radius 3 is 2.74 bits per heavy atom. The zero-order chi connectivity index (χ0) is 13.5. The molecule has 0 bridgehead atoms. The van der Waals surface area contributed by atoms with E-state index >= 15 is 0 Å². The van der Waals surface area contributed by atoms with Crippen LogP contribution in [0.3, 0.4) is 0 Å². The van der Waals surface area contributed by atoms with Crippen molar-refractivity contribution >= 4 is 11.4 Å². The summed E-state index contributed by atoms with van der Waals surface area (Å²) in [5.41, 5.74) is 9.83. The Bertz CT molecular complexity index is 528. The molecule has 0 spiro atoms. The first-order valence-corrected chi connectivity index (χ1v) is 6.39. The Morgan fingerprint density at radius 1 is 1.21 bits per heavy atom. The number of aromatic nitrogens is 1. The first-order valence-electron chi connectivity index (χ1n) is 6.39. The van der Waals surface area contributed by atoms with Crippen LogP contribution in [0.2, 0.25) is 0 Å². The Hall–Kier alpha value is -2.07. The molecule has 0 atom stereocenters. The van der Waals surface area contributed by atoms with Gasteiger partial charge in [0.2, 0.25) is 0 Å². The van der Waals surface area contributed by atoms with Crippen LogP contribution in [0.1, 0.15) is 18.1 Å². The minimum atomic E-state index is 0.639. The molecule has 0 fully saturated rings. The summed E-state index contributed by atoms with van der Waals surface area (Å²) < 4.78 is 5.47. The molecular formula is C15H19N3O. The lowest BCUT2D eigenvalue weighted by Crippen LogP contribution is -2.06. The maximum Gasteiger partial charge on any atom is 0.0736 e. The Balaban J connectivity index is 2.05. The summed E-state index contributed by atoms with van der Waals surface area (Å²) in [5.74, 6) is 0. The normalized spacial score (nSPS) is 10.4. The number of nitrogens with two attached hydrogens (primary N) is 1. The molecule has 0 unspecified atom stereocenters. The first kappa shape index (κ1) is 13.4. The molecule has 19 heavy (non-hydrogen) atoms. The summed E-state index contributed by atoms with van der Waals surface area (Å²) in [6.07, 6.45) is 3.37. The molecule has 0 saturated heterocycles. The average Bonchev–Trinajstić information content (AvgIpc) is 2.45. The van der Waals surface area contributed by atoms with E-state index in [1.165, 1.54) is 11.1 Å². The van der Waals surface area contributed by atoms with Gasteiger partial charge in [-0.25, -0.2) is 0 Å². The van der Waals surface area contributed by atoms with Crippen LogP contribution >= 0.6 is 0 Å². The summed E-state index contributed by atoms with van der Waals surface area (Å²) in [6, 6.07) is 10.1. The molecular weight excluding hydrogens is 238 g/mol. The molecule has 1 heterocycles. The van der Waals surface area contributed by atoms with Gasteiger partial charge in [-0.15, -0.1) is 0 Å². The summed E-state index contributed by atoms with van der Waals surface area (Å²) in [6.45, 7) is 4.08. The van der Waals surface area contributed by atoms with Crippen LogP contribution in [0.25, 0.3) is 0 Å². The van der Waals surface area contributed by atoms with Gasteiger partial charge in [-0.1, -0.05) is 24.3 Å². The third kappa shape index (κ3) is 3.69. The van der Waals surface area contributed by atoms with Gasteiger partial charge in [0.15, 0.2) is 0 Å². The number of benzene rings is 1. The zero-order valence-corrected chi connectivity index (χ0v) is 11.1. The fourth-order valence-electron chi connectivity index (χ4n) is 1.84. The van der Waals surface area contributed by atoms with Crippen LogP contribution in [0, 0.1) is 0 Å². The molecule has 0 aliphatic rings. The molecule has 1 aromatic carbocycles. The molecule has 4 nitrogen and oxygen atoms in total. The number of hydrogen-bond donors (Lipinski definition) is 2. The fourth-order valence-corrected chi connectivity index (χ4v) is 1.84. The van der Waals surface area contributed by atoms with E-state index in [9.17, 15) is 0 Å². The molecule has 4 heteroatoms. The van der Waals surface area contributed by atoms with Gasteiger partial charge in [0.1, 0.15) is 0 Å². The maximum atomic E-state index is 5.85. The van der Waals surface area contributed by atoms with Gasteiger partial charge < -0.3 is 15.8 Å². The number of rotatable bonds is 6. The highest BCUT2D eigenvalue weighted by Gasteiger charge is 2.03. The van der Waals surface area contributed by atoms with Gasteiger partial charge in [0.05, 0.1) is 24.2 Å². The second-order valence-electron chi connectivity index (χ2n) is 4.22. The fraction of sp³-hybridized carbons (Fsp3) is 0.267. The van der Waals surface area contributed by atoms with Crippen molar-refractivity contribution in [1.82, 2.24) is 4.98 Å². The summed E-state index contributed by atoms with van der Waals surface area (Å²) in [7, 11) is 0. The van der Waals surface area contributed by atoms with Gasteiger partial charge in [0, 0.05) is 19.3 Å². The van der Waals surface area contributed by atoms with E-state index in [4.69, 9.17) is 10.5 Å². The molecule has 0 aliphatic heterocycles. The third-order valence-electron chi connectivity index (χ3n) is 2.90. The summed E-state index contributed by atoms with van der Waals surface area (Å²) in [4.78, 5) is 3.97. The van der Waals surface area contributed by atoms with Gasteiger partial charge in [0.25, 0.3) is 0 Å².